The number of aromatic nitrogens is 1. The van der Waals surface area contributed by atoms with Crippen LogP contribution in [0.1, 0.15) is 21.7 Å². The molecule has 1 unspecified atom stereocenters. The minimum atomic E-state index is -2.86. The van der Waals surface area contributed by atoms with Gasteiger partial charge in [-0.25, -0.2) is 13.2 Å². The van der Waals surface area contributed by atoms with E-state index in [-0.39, 0.29) is 26.7 Å². The van der Waals surface area contributed by atoms with E-state index >= 15 is 0 Å². The van der Waals surface area contributed by atoms with Gasteiger partial charge in [0.15, 0.2) is 5.82 Å². The normalized spacial score (nSPS) is 15.8. The molecule has 152 valence electrons. The Morgan fingerprint density at radius 3 is 2.83 bits per heavy atom. The topological polar surface area (TPSA) is 80.2 Å². The summed E-state index contributed by atoms with van der Waals surface area (Å²) in [7, 11) is 0. The van der Waals surface area contributed by atoms with Crippen LogP contribution in [-0.4, -0.2) is 29.4 Å². The van der Waals surface area contributed by atoms with Gasteiger partial charge in [-0.15, -0.1) is 11.3 Å². The molecule has 6 nitrogen and oxygen atoms in total. The van der Waals surface area contributed by atoms with E-state index in [9.17, 15) is 27.6 Å². The van der Waals surface area contributed by atoms with Crippen LogP contribution in [0.5, 0.6) is 0 Å². The molecule has 0 radical (unpaired) electrons. The maximum absolute atomic E-state index is 13.7. The summed E-state index contributed by atoms with van der Waals surface area (Å²) in [6.45, 7) is -0.552. The highest BCUT2D eigenvalue weighted by molar-refractivity contribution is 7.18. The van der Waals surface area contributed by atoms with Gasteiger partial charge in [0.05, 0.1) is 22.7 Å². The van der Waals surface area contributed by atoms with Gasteiger partial charge in [0.1, 0.15) is 4.34 Å². The number of nitrogens with one attached hydrogen (secondary N) is 2. The molecule has 1 atom stereocenters. The highest BCUT2D eigenvalue weighted by Crippen LogP contribution is 2.28. The number of nitrogens with zero attached hydrogens (tertiary/aromatic N) is 1. The van der Waals surface area contributed by atoms with Crippen molar-refractivity contribution in [3.05, 3.63) is 49.3 Å². The second kappa shape index (κ2) is 8.71. The lowest BCUT2D eigenvalue weighted by molar-refractivity contribution is -0.119. The molecule has 1 aliphatic rings. The summed E-state index contributed by atoms with van der Waals surface area (Å²) >= 11 is 7.03. The third-order valence-corrected chi connectivity index (χ3v) is 5.29. The van der Waals surface area contributed by atoms with Crippen LogP contribution in [0, 0.1) is 23.6 Å². The summed E-state index contributed by atoms with van der Waals surface area (Å²) in [4.78, 5) is 35.3. The second-order valence-electron chi connectivity index (χ2n) is 6.15. The molecule has 0 spiro atoms. The van der Waals surface area contributed by atoms with Crippen molar-refractivity contribution in [2.75, 3.05) is 11.9 Å². The lowest BCUT2D eigenvalue weighted by Crippen LogP contribution is -2.26. The van der Waals surface area contributed by atoms with E-state index in [0.717, 1.165) is 23.6 Å². The second-order valence-corrected chi connectivity index (χ2v) is 7.81. The molecule has 29 heavy (non-hydrogen) atoms. The number of carbonyl (C=O) groups excluding carboxylic acids is 2. The molecule has 1 saturated heterocycles. The number of alkyl halides is 2. The molecule has 1 fully saturated rings. The average Bonchev–Trinajstić information content (AvgIpc) is 3.22. The zero-order valence-electron chi connectivity index (χ0n) is 14.6. The monoisotopic (exact) mass is 443 g/mol. The molecular weight excluding hydrogens is 431 g/mol. The zero-order chi connectivity index (χ0) is 21.1. The predicted molar refractivity (Wildman–Crippen MR) is 102 cm³/mol. The summed E-state index contributed by atoms with van der Waals surface area (Å²) in [6.07, 6.45) is -1.63. The van der Waals surface area contributed by atoms with Crippen molar-refractivity contribution in [1.29, 1.82) is 0 Å². The van der Waals surface area contributed by atoms with E-state index < -0.39 is 30.3 Å². The maximum Gasteiger partial charge on any atom is 0.286 e. The molecule has 3 heterocycles. The fraction of sp³-hybridized carbons (Fsp3) is 0.278. The van der Waals surface area contributed by atoms with E-state index in [0.29, 0.717) is 23.1 Å². The van der Waals surface area contributed by atoms with Crippen molar-refractivity contribution in [1.82, 2.24) is 9.88 Å². The fourth-order valence-electron chi connectivity index (χ4n) is 2.60. The lowest BCUT2D eigenvalue weighted by Gasteiger charge is -2.09. The number of carbonyl (C=O) groups is 2. The Hall–Kier alpha value is -2.77. The molecule has 0 aliphatic carbocycles. The first-order valence-electron chi connectivity index (χ1n) is 8.30. The number of anilines is 1. The van der Waals surface area contributed by atoms with E-state index in [4.69, 9.17) is 11.6 Å². The smallest absolute Gasteiger partial charge is 0.286 e. The van der Waals surface area contributed by atoms with Gasteiger partial charge in [0.2, 0.25) is 5.91 Å². The third-order valence-electron chi connectivity index (χ3n) is 3.93. The first-order valence-corrected chi connectivity index (χ1v) is 9.49. The third kappa shape index (κ3) is 5.19. The molecule has 2 N–H and O–H groups in total. The molecule has 11 heteroatoms. The molecule has 0 saturated carbocycles. The highest BCUT2D eigenvalue weighted by Gasteiger charge is 2.20. The van der Waals surface area contributed by atoms with Crippen molar-refractivity contribution in [3.8, 4) is 11.8 Å². The first kappa shape index (κ1) is 21.0. The number of hydrogen-bond donors (Lipinski definition) is 2. The van der Waals surface area contributed by atoms with E-state index in [1.807, 2.05) is 0 Å². The van der Waals surface area contributed by atoms with E-state index in [1.165, 1.54) is 6.07 Å². The van der Waals surface area contributed by atoms with Gasteiger partial charge in [0, 0.05) is 31.1 Å². The highest BCUT2D eigenvalue weighted by atomic mass is 35.5. The van der Waals surface area contributed by atoms with Gasteiger partial charge in [-0.05, 0) is 6.07 Å². The van der Waals surface area contributed by atoms with Crippen molar-refractivity contribution in [2.45, 2.75) is 19.4 Å². The summed E-state index contributed by atoms with van der Waals surface area (Å²) in [6, 6.07) is 2.19. The Kier molecular flexibility index (Phi) is 6.30. The van der Waals surface area contributed by atoms with Gasteiger partial charge in [-0.3, -0.25) is 14.4 Å². The van der Waals surface area contributed by atoms with Crippen LogP contribution in [0.15, 0.2) is 23.1 Å². The largest absolute Gasteiger partial charge is 0.355 e. The molecule has 0 bridgehead atoms. The van der Waals surface area contributed by atoms with Gasteiger partial charge in [-0.2, -0.15) is 0 Å². The SMILES string of the molecule is O=C1CC(C#Cc2cc(C(=O)Nc3cc(F)c(=O)n(CC(F)F)c3)sc2Cl)CN1. The first-order chi connectivity index (χ1) is 13.7. The van der Waals surface area contributed by atoms with Gasteiger partial charge < -0.3 is 15.2 Å². The van der Waals surface area contributed by atoms with Crippen molar-refractivity contribution < 1.29 is 22.8 Å². The number of thiophene rings is 1. The Morgan fingerprint density at radius 1 is 1.41 bits per heavy atom. The van der Waals surface area contributed by atoms with Crippen LogP contribution < -0.4 is 16.2 Å². The Balaban J connectivity index is 1.76. The van der Waals surface area contributed by atoms with E-state index in [2.05, 4.69) is 22.5 Å². The molecule has 2 aromatic heterocycles. The Labute approximate surface area is 171 Å². The number of amides is 2. The number of halogens is 4. The number of rotatable bonds is 4. The molecule has 2 amide bonds. The molecule has 1 aliphatic heterocycles. The van der Waals surface area contributed by atoms with E-state index in [1.54, 1.807) is 0 Å². The lowest BCUT2D eigenvalue weighted by atomic mass is 10.1. The van der Waals surface area contributed by atoms with Crippen LogP contribution >= 0.6 is 22.9 Å². The Morgan fingerprint density at radius 2 is 2.17 bits per heavy atom. The average molecular weight is 444 g/mol. The minimum Gasteiger partial charge on any atom is -0.355 e. The molecule has 2 aromatic rings. The van der Waals surface area contributed by atoms with Crippen LogP contribution in [0.3, 0.4) is 0 Å². The number of hydrogen-bond acceptors (Lipinski definition) is 4. The molecule has 0 aromatic carbocycles. The van der Waals surface area contributed by atoms with Gasteiger partial charge >= 0.3 is 0 Å². The predicted octanol–water partition coefficient (Wildman–Crippen LogP) is 2.71. The quantitative estimate of drug-likeness (QED) is 0.713. The van der Waals surface area contributed by atoms with Crippen LogP contribution in [-0.2, 0) is 11.3 Å². The maximum atomic E-state index is 13.7. The summed E-state index contributed by atoms with van der Waals surface area (Å²) in [5.41, 5.74) is -0.963. The summed E-state index contributed by atoms with van der Waals surface area (Å²) in [5.74, 6) is 3.58. The standard InChI is InChI=1S/C18H13ClF3N3O3S/c19-16-10(2-1-9-3-15(26)23-6-9)4-13(29-16)17(27)24-11-5-12(20)18(28)25(7-11)8-14(21)22/h4-5,7,9,14H,3,6,8H2,(H,23,26)(H,24,27). The van der Waals surface area contributed by atoms with Crippen LogP contribution in [0.2, 0.25) is 4.34 Å². The van der Waals surface area contributed by atoms with Gasteiger partial charge in [-0.1, -0.05) is 23.4 Å². The van der Waals surface area contributed by atoms with Crippen LogP contribution in [0.25, 0.3) is 0 Å². The summed E-state index contributed by atoms with van der Waals surface area (Å²) in [5, 5.41) is 5.01. The van der Waals surface area contributed by atoms with Crippen molar-refractivity contribution >= 4 is 40.4 Å². The van der Waals surface area contributed by atoms with Crippen LogP contribution in [0.4, 0.5) is 18.9 Å². The van der Waals surface area contributed by atoms with Crippen molar-refractivity contribution in [3.63, 3.8) is 0 Å². The number of pyridine rings is 1. The van der Waals surface area contributed by atoms with Gasteiger partial charge in [0.25, 0.3) is 17.9 Å². The molecule has 3 rings (SSSR count). The zero-order valence-corrected chi connectivity index (χ0v) is 16.2. The molecular formula is C18H13ClF3N3O3S. The fourth-order valence-corrected chi connectivity index (χ4v) is 3.68. The van der Waals surface area contributed by atoms with Crippen molar-refractivity contribution in [2.24, 2.45) is 5.92 Å². The minimum absolute atomic E-state index is 0.0822. The summed E-state index contributed by atoms with van der Waals surface area (Å²) < 4.78 is 39.5. The Bertz CT molecular complexity index is 1090.